The van der Waals surface area contributed by atoms with Gasteiger partial charge in [0.05, 0.1) is 6.10 Å². The van der Waals surface area contributed by atoms with Crippen molar-refractivity contribution in [1.29, 1.82) is 0 Å². The van der Waals surface area contributed by atoms with E-state index >= 15 is 0 Å². The van der Waals surface area contributed by atoms with Crippen molar-refractivity contribution in [1.82, 2.24) is 4.90 Å². The van der Waals surface area contributed by atoms with Crippen LogP contribution in [0.2, 0.25) is 0 Å². The van der Waals surface area contributed by atoms with E-state index in [1.165, 1.54) is 0 Å². The average Bonchev–Trinajstić information content (AvgIpc) is 2.54. The standard InChI is InChI=1S/C11H21NO2S/c1-9(2)14-5-3-4-12-7-10(8-15)6-11(12)13/h9-10,15H,3-8H2,1-2H3. The number of likely N-dealkylation sites (tertiary alicyclic amines) is 1. The SMILES string of the molecule is CC(C)OCCCN1CC(CS)CC1=O. The molecule has 1 saturated heterocycles. The number of rotatable bonds is 6. The van der Waals surface area contributed by atoms with Gasteiger partial charge in [0, 0.05) is 26.1 Å². The van der Waals surface area contributed by atoms with Gasteiger partial charge in [0.25, 0.3) is 0 Å². The molecular weight excluding hydrogens is 210 g/mol. The lowest BCUT2D eigenvalue weighted by atomic mass is 10.1. The quantitative estimate of drug-likeness (QED) is 0.555. The Labute approximate surface area is 97.6 Å². The Kier molecular flexibility index (Phi) is 5.47. The highest BCUT2D eigenvalue weighted by Gasteiger charge is 2.27. The Bertz CT molecular complexity index is 209. The van der Waals surface area contributed by atoms with E-state index < -0.39 is 0 Å². The number of ether oxygens (including phenoxy) is 1. The smallest absolute Gasteiger partial charge is 0.222 e. The molecule has 4 heteroatoms. The van der Waals surface area contributed by atoms with Gasteiger partial charge < -0.3 is 9.64 Å². The molecule has 0 aromatic carbocycles. The molecule has 0 aliphatic carbocycles. The molecule has 3 nitrogen and oxygen atoms in total. The maximum Gasteiger partial charge on any atom is 0.222 e. The highest BCUT2D eigenvalue weighted by Crippen LogP contribution is 2.18. The molecule has 0 bridgehead atoms. The molecule has 1 aliphatic rings. The van der Waals surface area contributed by atoms with Crippen LogP contribution in [0.1, 0.15) is 26.7 Å². The summed E-state index contributed by atoms with van der Waals surface area (Å²) in [5, 5.41) is 0. The first kappa shape index (κ1) is 12.8. The van der Waals surface area contributed by atoms with Crippen LogP contribution in [0, 0.1) is 5.92 Å². The topological polar surface area (TPSA) is 29.5 Å². The molecule has 1 unspecified atom stereocenters. The Balaban J connectivity index is 2.14. The van der Waals surface area contributed by atoms with E-state index in [0.717, 1.165) is 31.9 Å². The largest absolute Gasteiger partial charge is 0.379 e. The zero-order valence-corrected chi connectivity index (χ0v) is 10.5. The molecular formula is C11H21NO2S. The van der Waals surface area contributed by atoms with Crippen LogP contribution in [0.25, 0.3) is 0 Å². The van der Waals surface area contributed by atoms with Crippen LogP contribution in [-0.2, 0) is 9.53 Å². The summed E-state index contributed by atoms with van der Waals surface area (Å²) in [4.78, 5) is 13.5. The summed E-state index contributed by atoms with van der Waals surface area (Å²) in [6.45, 7) is 6.50. The van der Waals surface area contributed by atoms with Gasteiger partial charge in [-0.1, -0.05) is 0 Å². The summed E-state index contributed by atoms with van der Waals surface area (Å²) in [6.07, 6.45) is 1.89. The van der Waals surface area contributed by atoms with Crippen LogP contribution in [0.4, 0.5) is 0 Å². The Morgan fingerprint density at radius 1 is 1.60 bits per heavy atom. The van der Waals surface area contributed by atoms with Crippen molar-refractivity contribution < 1.29 is 9.53 Å². The van der Waals surface area contributed by atoms with Gasteiger partial charge in [0.1, 0.15) is 0 Å². The second-order valence-corrected chi connectivity index (χ2v) is 4.73. The van der Waals surface area contributed by atoms with Gasteiger partial charge >= 0.3 is 0 Å². The summed E-state index contributed by atoms with van der Waals surface area (Å²) < 4.78 is 5.44. The summed E-state index contributed by atoms with van der Waals surface area (Å²) >= 11 is 4.23. The highest BCUT2D eigenvalue weighted by molar-refractivity contribution is 7.80. The fourth-order valence-corrected chi connectivity index (χ4v) is 2.01. The first-order valence-corrected chi connectivity index (χ1v) is 6.27. The van der Waals surface area contributed by atoms with Crippen molar-refractivity contribution in [2.24, 2.45) is 5.92 Å². The lowest BCUT2D eigenvalue weighted by Gasteiger charge is -2.16. The Hall–Kier alpha value is -0.220. The Morgan fingerprint density at radius 2 is 2.33 bits per heavy atom. The second kappa shape index (κ2) is 6.38. The fourth-order valence-electron chi connectivity index (χ4n) is 1.77. The number of carbonyl (C=O) groups is 1. The van der Waals surface area contributed by atoms with Gasteiger partial charge in [-0.05, 0) is 31.9 Å². The molecule has 1 aliphatic heterocycles. The van der Waals surface area contributed by atoms with Gasteiger partial charge in [0.15, 0.2) is 0 Å². The van der Waals surface area contributed by atoms with Gasteiger partial charge in [-0.15, -0.1) is 0 Å². The summed E-state index contributed by atoms with van der Waals surface area (Å²) in [5.74, 6) is 1.54. The van der Waals surface area contributed by atoms with Gasteiger partial charge in [-0.2, -0.15) is 12.6 Å². The Morgan fingerprint density at radius 3 is 2.87 bits per heavy atom. The zero-order chi connectivity index (χ0) is 11.3. The predicted molar refractivity (Wildman–Crippen MR) is 64.2 cm³/mol. The number of hydrogen-bond acceptors (Lipinski definition) is 3. The van der Waals surface area contributed by atoms with Crippen molar-refractivity contribution in [3.63, 3.8) is 0 Å². The third-order valence-corrected chi connectivity index (χ3v) is 3.09. The molecule has 15 heavy (non-hydrogen) atoms. The number of nitrogens with zero attached hydrogens (tertiary/aromatic N) is 1. The summed E-state index contributed by atoms with van der Waals surface area (Å²) in [6, 6.07) is 0. The highest BCUT2D eigenvalue weighted by atomic mass is 32.1. The van der Waals surface area contributed by atoms with E-state index in [-0.39, 0.29) is 12.0 Å². The molecule has 1 atom stereocenters. The lowest BCUT2D eigenvalue weighted by molar-refractivity contribution is -0.127. The summed E-state index contributed by atoms with van der Waals surface area (Å²) in [5.41, 5.74) is 0. The molecule has 1 fully saturated rings. The van der Waals surface area contributed by atoms with Crippen molar-refractivity contribution >= 4 is 18.5 Å². The molecule has 0 aromatic rings. The van der Waals surface area contributed by atoms with Crippen LogP contribution >= 0.6 is 12.6 Å². The minimum Gasteiger partial charge on any atom is -0.379 e. The van der Waals surface area contributed by atoms with Crippen LogP contribution in [0.15, 0.2) is 0 Å². The van der Waals surface area contributed by atoms with E-state index in [0.29, 0.717) is 12.3 Å². The minimum absolute atomic E-state index is 0.276. The summed E-state index contributed by atoms with van der Waals surface area (Å²) in [7, 11) is 0. The lowest BCUT2D eigenvalue weighted by Crippen LogP contribution is -2.27. The third-order valence-electron chi connectivity index (χ3n) is 2.58. The normalized spacial score (nSPS) is 21.7. The number of amides is 1. The van der Waals surface area contributed by atoms with Crippen molar-refractivity contribution in [2.45, 2.75) is 32.8 Å². The molecule has 0 aromatic heterocycles. The van der Waals surface area contributed by atoms with Crippen molar-refractivity contribution in [3.05, 3.63) is 0 Å². The molecule has 0 N–H and O–H groups in total. The second-order valence-electron chi connectivity index (χ2n) is 4.37. The van der Waals surface area contributed by atoms with Crippen LogP contribution < -0.4 is 0 Å². The van der Waals surface area contributed by atoms with Crippen LogP contribution in [0.5, 0.6) is 0 Å². The fraction of sp³-hybridized carbons (Fsp3) is 0.909. The number of thiol groups is 1. The molecule has 0 spiro atoms. The van der Waals surface area contributed by atoms with E-state index in [1.54, 1.807) is 0 Å². The van der Waals surface area contributed by atoms with E-state index in [4.69, 9.17) is 4.74 Å². The molecule has 88 valence electrons. The molecule has 1 rings (SSSR count). The molecule has 1 amide bonds. The van der Waals surface area contributed by atoms with E-state index in [9.17, 15) is 4.79 Å². The minimum atomic E-state index is 0.276. The molecule has 0 radical (unpaired) electrons. The maximum absolute atomic E-state index is 11.5. The maximum atomic E-state index is 11.5. The first-order valence-electron chi connectivity index (χ1n) is 5.63. The van der Waals surface area contributed by atoms with Crippen molar-refractivity contribution in [2.75, 3.05) is 25.4 Å². The van der Waals surface area contributed by atoms with Crippen LogP contribution in [0.3, 0.4) is 0 Å². The molecule has 0 saturated carbocycles. The third kappa shape index (κ3) is 4.43. The average molecular weight is 231 g/mol. The predicted octanol–water partition coefficient (Wildman–Crippen LogP) is 1.58. The first-order chi connectivity index (χ1) is 7.13. The van der Waals surface area contributed by atoms with Crippen LogP contribution in [-0.4, -0.2) is 42.4 Å². The van der Waals surface area contributed by atoms with Gasteiger partial charge in [-0.3, -0.25) is 4.79 Å². The zero-order valence-electron chi connectivity index (χ0n) is 9.61. The van der Waals surface area contributed by atoms with E-state index in [1.807, 2.05) is 18.7 Å². The van der Waals surface area contributed by atoms with E-state index in [2.05, 4.69) is 12.6 Å². The number of hydrogen-bond donors (Lipinski definition) is 1. The monoisotopic (exact) mass is 231 g/mol. The number of carbonyl (C=O) groups excluding carboxylic acids is 1. The van der Waals surface area contributed by atoms with Gasteiger partial charge in [-0.25, -0.2) is 0 Å². The molecule has 1 heterocycles. The van der Waals surface area contributed by atoms with Gasteiger partial charge in [0.2, 0.25) is 5.91 Å². The van der Waals surface area contributed by atoms with Crippen molar-refractivity contribution in [3.8, 4) is 0 Å².